The summed E-state index contributed by atoms with van der Waals surface area (Å²) in [6.45, 7) is 0.803. The Balaban J connectivity index is 1.63. The van der Waals surface area contributed by atoms with Crippen LogP contribution in [0.2, 0.25) is 0 Å². The molecule has 1 aromatic rings. The van der Waals surface area contributed by atoms with Crippen LogP contribution in [0.5, 0.6) is 0 Å². The van der Waals surface area contributed by atoms with Gasteiger partial charge in [0.05, 0.1) is 11.6 Å². The van der Waals surface area contributed by atoms with Gasteiger partial charge in [-0.3, -0.25) is 14.4 Å². The molecule has 1 aliphatic carbocycles. The number of carbonyl (C=O) groups is 3. The highest BCUT2D eigenvalue weighted by Gasteiger charge is 2.40. The largest absolute Gasteiger partial charge is 0.339 e. The van der Waals surface area contributed by atoms with Crippen molar-refractivity contribution in [3.8, 4) is 0 Å². The molecule has 1 saturated carbocycles. The summed E-state index contributed by atoms with van der Waals surface area (Å²) >= 11 is 0. The van der Waals surface area contributed by atoms with Crippen LogP contribution in [0, 0.1) is 11.7 Å². The summed E-state index contributed by atoms with van der Waals surface area (Å²) in [6.07, 6.45) is 2.47. The van der Waals surface area contributed by atoms with E-state index in [2.05, 4.69) is 0 Å². The first kappa shape index (κ1) is 14.7. The molecule has 1 aliphatic heterocycles. The molecule has 2 fully saturated rings. The maximum atomic E-state index is 13.7. The van der Waals surface area contributed by atoms with Gasteiger partial charge in [0.15, 0.2) is 0 Å². The minimum atomic E-state index is -0.638. The molecule has 0 aromatic heterocycles. The molecule has 22 heavy (non-hydrogen) atoms. The normalized spacial score (nSPS) is 17.8. The second kappa shape index (κ2) is 5.51. The van der Waals surface area contributed by atoms with Crippen molar-refractivity contribution in [1.82, 2.24) is 9.80 Å². The van der Waals surface area contributed by atoms with Crippen LogP contribution < -0.4 is 0 Å². The Morgan fingerprint density at radius 2 is 2.00 bits per heavy atom. The van der Waals surface area contributed by atoms with E-state index in [1.54, 1.807) is 11.9 Å². The van der Waals surface area contributed by atoms with Gasteiger partial charge in [-0.2, -0.15) is 0 Å². The Bertz CT molecular complexity index is 636. The quantitative estimate of drug-likeness (QED) is 0.789. The summed E-state index contributed by atoms with van der Waals surface area (Å²) in [5, 5.41) is 0. The Morgan fingerprint density at radius 3 is 2.59 bits per heavy atom. The first-order valence-electron chi connectivity index (χ1n) is 7.32. The molecule has 6 heteroatoms. The molecule has 0 radical (unpaired) electrons. The van der Waals surface area contributed by atoms with Crippen LogP contribution in [0.15, 0.2) is 18.2 Å². The minimum absolute atomic E-state index is 0.00522. The summed E-state index contributed by atoms with van der Waals surface area (Å²) in [5.41, 5.74) is 0.169. The number of likely N-dealkylation sites (N-methyl/N-ethyl adjacent to an activating group) is 1. The average Bonchev–Trinajstić information content (AvgIpc) is 3.29. The molecule has 1 heterocycles. The molecule has 3 rings (SSSR count). The standard InChI is InChI=1S/C16H17FN2O3/c1-18(15(21)11-3-4-11)12-7-19(8-12)16(22)13-6-10(9-20)2-5-14(13)17/h2,5-6,9,11-12H,3-4,7-8H2,1H3. The van der Waals surface area contributed by atoms with E-state index in [0.29, 0.717) is 19.4 Å². The van der Waals surface area contributed by atoms with Gasteiger partial charge >= 0.3 is 0 Å². The predicted molar refractivity (Wildman–Crippen MR) is 77.0 cm³/mol. The van der Waals surface area contributed by atoms with E-state index >= 15 is 0 Å². The molecule has 2 amide bonds. The molecule has 0 spiro atoms. The predicted octanol–water partition coefficient (Wildman–Crippen LogP) is 1.33. The van der Waals surface area contributed by atoms with E-state index in [1.165, 1.54) is 17.0 Å². The third kappa shape index (κ3) is 2.61. The third-order valence-corrected chi connectivity index (χ3v) is 4.33. The molecular formula is C16H17FN2O3. The zero-order chi connectivity index (χ0) is 15.9. The number of amides is 2. The number of carbonyl (C=O) groups excluding carboxylic acids is 3. The molecular weight excluding hydrogens is 287 g/mol. The van der Waals surface area contributed by atoms with Crippen molar-refractivity contribution in [1.29, 1.82) is 0 Å². The van der Waals surface area contributed by atoms with Gasteiger partial charge < -0.3 is 9.80 Å². The van der Waals surface area contributed by atoms with Gasteiger partial charge in [0.2, 0.25) is 5.91 Å². The summed E-state index contributed by atoms with van der Waals surface area (Å²) in [5.74, 6) is -0.797. The topological polar surface area (TPSA) is 57.7 Å². The van der Waals surface area contributed by atoms with Crippen molar-refractivity contribution in [3.05, 3.63) is 35.1 Å². The van der Waals surface area contributed by atoms with Crippen molar-refractivity contribution in [3.63, 3.8) is 0 Å². The van der Waals surface area contributed by atoms with Crippen molar-refractivity contribution >= 4 is 18.1 Å². The van der Waals surface area contributed by atoms with Gasteiger partial charge in [-0.1, -0.05) is 0 Å². The van der Waals surface area contributed by atoms with E-state index < -0.39 is 11.7 Å². The molecule has 1 aromatic carbocycles. The van der Waals surface area contributed by atoms with Crippen molar-refractivity contribution in [2.24, 2.45) is 5.92 Å². The van der Waals surface area contributed by atoms with Crippen molar-refractivity contribution < 1.29 is 18.8 Å². The van der Waals surface area contributed by atoms with Crippen LogP contribution in [0.25, 0.3) is 0 Å². The molecule has 1 saturated heterocycles. The van der Waals surface area contributed by atoms with Crippen molar-refractivity contribution in [2.45, 2.75) is 18.9 Å². The summed E-state index contributed by atoms with van der Waals surface area (Å²) in [7, 11) is 1.75. The zero-order valence-corrected chi connectivity index (χ0v) is 12.3. The lowest BCUT2D eigenvalue weighted by Crippen LogP contribution is -2.61. The lowest BCUT2D eigenvalue weighted by Gasteiger charge is -2.44. The number of benzene rings is 1. The van der Waals surface area contributed by atoms with Crippen LogP contribution in [-0.2, 0) is 4.79 Å². The summed E-state index contributed by atoms with van der Waals surface area (Å²) in [6, 6.07) is 3.71. The lowest BCUT2D eigenvalue weighted by molar-refractivity contribution is -0.135. The van der Waals surface area contributed by atoms with E-state index in [1.807, 2.05) is 0 Å². The number of aldehydes is 1. The minimum Gasteiger partial charge on any atom is -0.339 e. The van der Waals surface area contributed by atoms with Crippen LogP contribution in [0.3, 0.4) is 0 Å². The number of nitrogens with zero attached hydrogens (tertiary/aromatic N) is 2. The highest BCUT2D eigenvalue weighted by molar-refractivity contribution is 5.96. The zero-order valence-electron chi connectivity index (χ0n) is 12.3. The summed E-state index contributed by atoms with van der Waals surface area (Å²) < 4.78 is 13.7. The maximum Gasteiger partial charge on any atom is 0.256 e. The molecule has 2 aliphatic rings. The number of halogens is 1. The number of hydrogen-bond acceptors (Lipinski definition) is 3. The van der Waals surface area contributed by atoms with Gasteiger partial charge in [-0.15, -0.1) is 0 Å². The van der Waals surface area contributed by atoms with Gasteiger partial charge in [0.25, 0.3) is 5.91 Å². The second-order valence-electron chi connectivity index (χ2n) is 5.94. The van der Waals surface area contributed by atoms with Crippen LogP contribution in [0.1, 0.15) is 33.6 Å². The number of rotatable bonds is 4. The summed E-state index contributed by atoms with van der Waals surface area (Å²) in [4.78, 5) is 38.1. The van der Waals surface area contributed by atoms with Gasteiger partial charge in [-0.05, 0) is 31.0 Å². The molecule has 0 unspecified atom stereocenters. The van der Waals surface area contributed by atoms with E-state index in [4.69, 9.17) is 0 Å². The fourth-order valence-corrected chi connectivity index (χ4v) is 2.61. The van der Waals surface area contributed by atoms with E-state index in [0.717, 1.165) is 18.9 Å². The van der Waals surface area contributed by atoms with Gasteiger partial charge in [0.1, 0.15) is 12.1 Å². The fourth-order valence-electron chi connectivity index (χ4n) is 2.61. The van der Waals surface area contributed by atoms with E-state index in [-0.39, 0.29) is 29.0 Å². The molecule has 0 atom stereocenters. The Labute approximate surface area is 127 Å². The molecule has 116 valence electrons. The van der Waals surface area contributed by atoms with Gasteiger partial charge in [-0.25, -0.2) is 4.39 Å². The van der Waals surface area contributed by atoms with Crippen molar-refractivity contribution in [2.75, 3.05) is 20.1 Å². The molecule has 0 bridgehead atoms. The van der Waals surface area contributed by atoms with Crippen LogP contribution in [0.4, 0.5) is 4.39 Å². The lowest BCUT2D eigenvalue weighted by atomic mass is 10.0. The number of likely N-dealkylation sites (tertiary alicyclic amines) is 1. The number of hydrogen-bond donors (Lipinski definition) is 0. The maximum absolute atomic E-state index is 13.7. The highest BCUT2D eigenvalue weighted by atomic mass is 19.1. The first-order valence-corrected chi connectivity index (χ1v) is 7.32. The Hall–Kier alpha value is -2.24. The monoisotopic (exact) mass is 304 g/mol. The fraction of sp³-hybridized carbons (Fsp3) is 0.438. The Kier molecular flexibility index (Phi) is 3.68. The average molecular weight is 304 g/mol. The second-order valence-corrected chi connectivity index (χ2v) is 5.94. The Morgan fingerprint density at radius 1 is 1.32 bits per heavy atom. The first-order chi connectivity index (χ1) is 10.5. The van der Waals surface area contributed by atoms with Crippen LogP contribution in [-0.4, -0.2) is 54.1 Å². The third-order valence-electron chi connectivity index (χ3n) is 4.33. The molecule has 5 nitrogen and oxygen atoms in total. The van der Waals surface area contributed by atoms with E-state index in [9.17, 15) is 18.8 Å². The SMILES string of the molecule is CN(C(=O)C1CC1)C1CN(C(=O)c2cc(C=O)ccc2F)C1. The smallest absolute Gasteiger partial charge is 0.256 e. The van der Waals surface area contributed by atoms with Crippen LogP contribution >= 0.6 is 0 Å². The van der Waals surface area contributed by atoms with Gasteiger partial charge in [0, 0.05) is 31.6 Å². The molecule has 0 N–H and O–H groups in total. The highest BCUT2D eigenvalue weighted by Crippen LogP contribution is 2.32.